The highest BCUT2D eigenvalue weighted by atomic mass is 79.9. The number of methoxy groups -OCH3 is 1. The quantitative estimate of drug-likeness (QED) is 0.641. The van der Waals surface area contributed by atoms with Crippen LogP contribution in [0.4, 0.5) is 0 Å². The molecule has 98 valence electrons. The highest BCUT2D eigenvalue weighted by molar-refractivity contribution is 9.10. The van der Waals surface area contributed by atoms with Gasteiger partial charge in [0.05, 0.1) is 0 Å². The van der Waals surface area contributed by atoms with Crippen LogP contribution in [0.5, 0.6) is 0 Å². The zero-order chi connectivity index (χ0) is 13.4. The second-order valence-corrected chi connectivity index (χ2v) is 4.52. The smallest absolute Gasteiger partial charge is 0.269 e. The average molecular weight is 315 g/mol. The van der Waals surface area contributed by atoms with Crippen molar-refractivity contribution in [1.82, 2.24) is 10.9 Å². The van der Waals surface area contributed by atoms with Gasteiger partial charge in [0.2, 0.25) is 5.91 Å². The maximum Gasteiger partial charge on any atom is 0.269 e. The van der Waals surface area contributed by atoms with Crippen LogP contribution in [-0.2, 0) is 9.53 Å². The Kier molecular flexibility index (Phi) is 6.38. The summed E-state index contributed by atoms with van der Waals surface area (Å²) in [6.45, 7) is 0.522. The Balaban J connectivity index is 2.32. The van der Waals surface area contributed by atoms with Gasteiger partial charge in [-0.2, -0.15) is 0 Å². The number of halogens is 1. The molecule has 0 bridgehead atoms. The topological polar surface area (TPSA) is 67.4 Å². The summed E-state index contributed by atoms with van der Waals surface area (Å²) >= 11 is 3.28. The Morgan fingerprint density at radius 3 is 2.50 bits per heavy atom. The molecule has 0 saturated heterocycles. The third-order valence-electron chi connectivity index (χ3n) is 2.17. The van der Waals surface area contributed by atoms with Crippen molar-refractivity contribution in [2.75, 3.05) is 13.7 Å². The van der Waals surface area contributed by atoms with Crippen molar-refractivity contribution in [3.8, 4) is 0 Å². The fourth-order valence-corrected chi connectivity index (χ4v) is 1.50. The van der Waals surface area contributed by atoms with E-state index < -0.39 is 0 Å². The minimum absolute atomic E-state index is 0.238. The lowest BCUT2D eigenvalue weighted by atomic mass is 10.2. The van der Waals surface area contributed by atoms with Crippen molar-refractivity contribution in [2.45, 2.75) is 12.8 Å². The van der Waals surface area contributed by atoms with Gasteiger partial charge >= 0.3 is 0 Å². The number of benzene rings is 1. The lowest BCUT2D eigenvalue weighted by Gasteiger charge is -2.07. The standard InChI is InChI=1S/C12H15BrN2O3/c1-18-8-2-3-11(16)14-15-12(17)9-4-6-10(13)7-5-9/h4-7H,2-3,8H2,1H3,(H,14,16)(H,15,17). The Labute approximate surface area is 114 Å². The first-order valence-corrected chi connectivity index (χ1v) is 6.26. The molecule has 5 nitrogen and oxygen atoms in total. The van der Waals surface area contributed by atoms with Crippen LogP contribution in [0.1, 0.15) is 23.2 Å². The number of ether oxygens (including phenoxy) is 1. The zero-order valence-corrected chi connectivity index (χ0v) is 11.6. The van der Waals surface area contributed by atoms with Crippen LogP contribution in [0.3, 0.4) is 0 Å². The second-order valence-electron chi connectivity index (χ2n) is 3.61. The van der Waals surface area contributed by atoms with Crippen LogP contribution in [0.15, 0.2) is 28.7 Å². The van der Waals surface area contributed by atoms with Gasteiger partial charge in [-0.25, -0.2) is 0 Å². The van der Waals surface area contributed by atoms with E-state index in [4.69, 9.17) is 4.74 Å². The fourth-order valence-electron chi connectivity index (χ4n) is 1.24. The van der Waals surface area contributed by atoms with E-state index in [0.29, 0.717) is 25.0 Å². The third kappa shape index (κ3) is 5.29. The van der Waals surface area contributed by atoms with E-state index in [-0.39, 0.29) is 11.8 Å². The van der Waals surface area contributed by atoms with Gasteiger partial charge in [0.1, 0.15) is 0 Å². The first kappa shape index (κ1) is 14.7. The van der Waals surface area contributed by atoms with Crippen molar-refractivity contribution in [2.24, 2.45) is 0 Å². The number of nitrogens with one attached hydrogen (secondary N) is 2. The molecule has 0 unspecified atom stereocenters. The summed E-state index contributed by atoms with van der Waals surface area (Å²) in [6.07, 6.45) is 0.935. The van der Waals surface area contributed by atoms with Gasteiger partial charge in [-0.15, -0.1) is 0 Å². The molecule has 0 spiro atoms. The van der Waals surface area contributed by atoms with Crippen molar-refractivity contribution in [3.63, 3.8) is 0 Å². The van der Waals surface area contributed by atoms with Gasteiger partial charge in [-0.3, -0.25) is 20.4 Å². The summed E-state index contributed by atoms with van der Waals surface area (Å²) < 4.78 is 5.72. The number of carbonyl (C=O) groups is 2. The van der Waals surface area contributed by atoms with E-state index >= 15 is 0 Å². The molecule has 1 rings (SSSR count). The predicted molar refractivity (Wildman–Crippen MR) is 70.9 cm³/mol. The number of carbonyl (C=O) groups excluding carboxylic acids is 2. The van der Waals surface area contributed by atoms with Crippen LogP contribution in [-0.4, -0.2) is 25.5 Å². The number of amides is 2. The van der Waals surface area contributed by atoms with Crippen molar-refractivity contribution in [1.29, 1.82) is 0 Å². The third-order valence-corrected chi connectivity index (χ3v) is 2.70. The largest absolute Gasteiger partial charge is 0.385 e. The van der Waals surface area contributed by atoms with E-state index in [2.05, 4.69) is 26.8 Å². The molecule has 0 heterocycles. The lowest BCUT2D eigenvalue weighted by molar-refractivity contribution is -0.122. The fraction of sp³-hybridized carbons (Fsp3) is 0.333. The molecule has 0 saturated carbocycles. The van der Waals surface area contributed by atoms with Gasteiger partial charge in [-0.05, 0) is 30.7 Å². The van der Waals surface area contributed by atoms with Crippen LogP contribution in [0.2, 0.25) is 0 Å². The first-order chi connectivity index (χ1) is 8.63. The maximum atomic E-state index is 11.6. The van der Waals surface area contributed by atoms with Crippen LogP contribution < -0.4 is 10.9 Å². The summed E-state index contributed by atoms with van der Waals surface area (Å²) in [5.41, 5.74) is 5.18. The molecule has 2 amide bonds. The molecule has 0 aliphatic rings. The maximum absolute atomic E-state index is 11.6. The average Bonchev–Trinajstić information content (AvgIpc) is 2.37. The monoisotopic (exact) mass is 314 g/mol. The first-order valence-electron chi connectivity index (χ1n) is 5.47. The highest BCUT2D eigenvalue weighted by Crippen LogP contribution is 2.10. The number of hydrogen-bond donors (Lipinski definition) is 2. The summed E-state index contributed by atoms with van der Waals surface area (Å²) in [6, 6.07) is 6.84. The SMILES string of the molecule is COCCCC(=O)NNC(=O)c1ccc(Br)cc1. The van der Waals surface area contributed by atoms with E-state index in [1.165, 1.54) is 0 Å². The minimum Gasteiger partial charge on any atom is -0.385 e. The molecule has 2 N–H and O–H groups in total. The molecule has 1 aromatic carbocycles. The summed E-state index contributed by atoms with van der Waals surface area (Å²) in [5, 5.41) is 0. The molecule has 0 radical (unpaired) electrons. The van der Waals surface area contributed by atoms with Crippen molar-refractivity contribution in [3.05, 3.63) is 34.3 Å². The normalized spacial score (nSPS) is 9.89. The molecule has 1 aromatic rings. The highest BCUT2D eigenvalue weighted by Gasteiger charge is 2.06. The van der Waals surface area contributed by atoms with E-state index in [1.54, 1.807) is 31.4 Å². The van der Waals surface area contributed by atoms with Crippen molar-refractivity contribution < 1.29 is 14.3 Å². The second kappa shape index (κ2) is 7.84. The number of hydrogen-bond acceptors (Lipinski definition) is 3. The number of rotatable bonds is 5. The molecule has 18 heavy (non-hydrogen) atoms. The van der Waals surface area contributed by atoms with Gasteiger partial charge in [0.15, 0.2) is 0 Å². The Morgan fingerprint density at radius 2 is 1.89 bits per heavy atom. The lowest BCUT2D eigenvalue weighted by Crippen LogP contribution is -2.41. The molecule has 0 atom stereocenters. The summed E-state index contributed by atoms with van der Waals surface area (Å²) in [5.74, 6) is -0.583. The molecule has 0 aliphatic carbocycles. The van der Waals surface area contributed by atoms with Crippen molar-refractivity contribution >= 4 is 27.7 Å². The van der Waals surface area contributed by atoms with Gasteiger partial charge in [0.25, 0.3) is 5.91 Å². The predicted octanol–water partition coefficient (Wildman–Crippen LogP) is 1.64. The van der Waals surface area contributed by atoms with E-state index in [1.807, 2.05) is 0 Å². The van der Waals surface area contributed by atoms with E-state index in [0.717, 1.165) is 4.47 Å². The molecule has 0 aliphatic heterocycles. The molecule has 6 heteroatoms. The molecule has 0 fully saturated rings. The van der Waals surface area contributed by atoms with Gasteiger partial charge in [0, 0.05) is 30.2 Å². The van der Waals surface area contributed by atoms with Crippen LogP contribution in [0, 0.1) is 0 Å². The Morgan fingerprint density at radius 1 is 1.22 bits per heavy atom. The molecular formula is C12H15BrN2O3. The zero-order valence-electron chi connectivity index (χ0n) is 10.0. The van der Waals surface area contributed by atoms with Crippen LogP contribution >= 0.6 is 15.9 Å². The van der Waals surface area contributed by atoms with Gasteiger partial charge in [-0.1, -0.05) is 15.9 Å². The summed E-state index contributed by atoms with van der Waals surface area (Å²) in [7, 11) is 1.58. The number of hydrazine groups is 1. The van der Waals surface area contributed by atoms with Crippen LogP contribution in [0.25, 0.3) is 0 Å². The Bertz CT molecular complexity index is 406. The summed E-state index contributed by atoms with van der Waals surface area (Å²) in [4.78, 5) is 22.9. The molecular weight excluding hydrogens is 300 g/mol. The minimum atomic E-state index is -0.345. The molecule has 0 aromatic heterocycles. The van der Waals surface area contributed by atoms with Gasteiger partial charge < -0.3 is 4.74 Å². The Hall–Kier alpha value is -1.40. The van der Waals surface area contributed by atoms with E-state index in [9.17, 15) is 9.59 Å².